The van der Waals surface area contributed by atoms with E-state index in [0.29, 0.717) is 11.8 Å². The molecule has 0 bridgehead atoms. The lowest BCUT2D eigenvalue weighted by Gasteiger charge is -2.37. The molecule has 0 unspecified atom stereocenters. The van der Waals surface area contributed by atoms with E-state index in [1.54, 1.807) is 0 Å². The quantitative estimate of drug-likeness (QED) is 0.463. The van der Waals surface area contributed by atoms with E-state index in [9.17, 15) is 5.21 Å². The van der Waals surface area contributed by atoms with Crippen molar-refractivity contribution in [1.29, 1.82) is 0 Å². The number of oxime groups is 1. The summed E-state index contributed by atoms with van der Waals surface area (Å²) in [5, 5.41) is 13.1. The van der Waals surface area contributed by atoms with Gasteiger partial charge in [0.1, 0.15) is 0 Å². The molecule has 1 N–H and O–H groups in total. The summed E-state index contributed by atoms with van der Waals surface area (Å²) in [6.45, 7) is 2.13. The van der Waals surface area contributed by atoms with Gasteiger partial charge in [-0.15, -0.1) is 0 Å². The molecule has 4 nitrogen and oxygen atoms in total. The van der Waals surface area contributed by atoms with E-state index in [1.807, 2.05) is 0 Å². The predicted octanol–water partition coefficient (Wildman–Crippen LogP) is 1.65. The first-order chi connectivity index (χ1) is 8.12. The first-order valence-electron chi connectivity index (χ1n) is 6.95. The Kier molecular flexibility index (Phi) is 4.78. The molecule has 2 atom stereocenters. The third-order valence-electron chi connectivity index (χ3n) is 3.59. The van der Waals surface area contributed by atoms with Gasteiger partial charge in [0.15, 0.2) is 0 Å². The third kappa shape index (κ3) is 4.94. The lowest BCUT2D eigenvalue weighted by Crippen LogP contribution is -2.48. The van der Waals surface area contributed by atoms with Gasteiger partial charge in [0.25, 0.3) is 0 Å². The largest absolute Gasteiger partial charge is 0.411 e. The molecule has 4 heteroatoms. The van der Waals surface area contributed by atoms with Crippen LogP contribution in [-0.4, -0.2) is 75.3 Å². The molecule has 0 aromatic rings. The lowest BCUT2D eigenvalue weighted by atomic mass is 9.78. The van der Waals surface area contributed by atoms with Gasteiger partial charge in [-0.1, -0.05) is 11.6 Å². The van der Waals surface area contributed by atoms with Crippen LogP contribution in [0.3, 0.4) is 0 Å². The molecule has 0 aliphatic heterocycles. The number of rotatable bonds is 4. The molecule has 0 radical (unpaired) electrons. The summed E-state index contributed by atoms with van der Waals surface area (Å²) >= 11 is 0. The summed E-state index contributed by atoms with van der Waals surface area (Å²) in [6, 6.07) is 0. The Morgan fingerprint density at radius 1 is 0.944 bits per heavy atom. The molecule has 1 fully saturated rings. The average Bonchev–Trinajstić information content (AvgIpc) is 2.12. The van der Waals surface area contributed by atoms with Crippen molar-refractivity contribution in [2.75, 3.05) is 55.4 Å². The van der Waals surface area contributed by atoms with Crippen molar-refractivity contribution >= 4 is 5.71 Å². The van der Waals surface area contributed by atoms with Gasteiger partial charge < -0.3 is 14.2 Å². The Morgan fingerprint density at radius 2 is 1.33 bits per heavy atom. The van der Waals surface area contributed by atoms with Gasteiger partial charge in [-0.25, -0.2) is 0 Å². The lowest BCUT2D eigenvalue weighted by molar-refractivity contribution is -0.874. The van der Waals surface area contributed by atoms with Crippen LogP contribution >= 0.6 is 0 Å². The molecule has 1 aliphatic carbocycles. The third-order valence-corrected chi connectivity index (χ3v) is 3.59. The van der Waals surface area contributed by atoms with Crippen molar-refractivity contribution in [2.24, 2.45) is 17.0 Å². The average molecular weight is 257 g/mol. The molecule has 0 spiro atoms. The second kappa shape index (κ2) is 5.57. The highest BCUT2D eigenvalue weighted by atomic mass is 16.4. The SMILES string of the molecule is C[N+](C)(C)C[C@H]1CCC[C@H](C[N+](C)(C)C)C1=NO. The van der Waals surface area contributed by atoms with E-state index in [0.717, 1.165) is 27.8 Å². The van der Waals surface area contributed by atoms with Gasteiger partial charge in [-0.2, -0.15) is 0 Å². The van der Waals surface area contributed by atoms with Crippen LogP contribution in [0.1, 0.15) is 19.3 Å². The molecule has 106 valence electrons. The zero-order chi connectivity index (χ0) is 14.0. The minimum atomic E-state index is 0.445. The number of nitrogens with zero attached hydrogens (tertiary/aromatic N) is 3. The highest BCUT2D eigenvalue weighted by molar-refractivity contribution is 5.89. The van der Waals surface area contributed by atoms with Crippen molar-refractivity contribution in [1.82, 2.24) is 0 Å². The van der Waals surface area contributed by atoms with Gasteiger partial charge in [0, 0.05) is 0 Å². The highest BCUT2D eigenvalue weighted by Gasteiger charge is 2.35. The van der Waals surface area contributed by atoms with E-state index in [2.05, 4.69) is 47.4 Å². The molecule has 1 saturated carbocycles. The van der Waals surface area contributed by atoms with E-state index in [-0.39, 0.29) is 0 Å². The van der Waals surface area contributed by atoms with Gasteiger partial charge in [0.2, 0.25) is 0 Å². The first kappa shape index (κ1) is 15.4. The van der Waals surface area contributed by atoms with Crippen LogP contribution in [0.5, 0.6) is 0 Å². The van der Waals surface area contributed by atoms with Crippen LogP contribution in [0.4, 0.5) is 0 Å². The summed E-state index contributed by atoms with van der Waals surface area (Å²) in [7, 11) is 13.2. The van der Waals surface area contributed by atoms with Crippen molar-refractivity contribution < 1.29 is 14.2 Å². The summed E-state index contributed by atoms with van der Waals surface area (Å²) in [5.41, 5.74) is 1.04. The Labute approximate surface area is 112 Å². The van der Waals surface area contributed by atoms with E-state index in [1.165, 1.54) is 19.3 Å². The molecule has 0 heterocycles. The fraction of sp³-hybridized carbons (Fsp3) is 0.929. The normalized spacial score (nSPS) is 26.2. The zero-order valence-corrected chi connectivity index (χ0v) is 13.0. The second-order valence-corrected chi connectivity index (χ2v) is 7.80. The molecule has 0 aromatic heterocycles. The molecule has 0 amide bonds. The molecule has 1 rings (SSSR count). The minimum absolute atomic E-state index is 0.445. The molecule has 1 aliphatic rings. The zero-order valence-electron chi connectivity index (χ0n) is 13.0. The minimum Gasteiger partial charge on any atom is -0.411 e. The van der Waals surface area contributed by atoms with E-state index in [4.69, 9.17) is 0 Å². The number of quaternary nitrogens is 2. The monoisotopic (exact) mass is 257 g/mol. The van der Waals surface area contributed by atoms with Gasteiger partial charge in [0.05, 0.1) is 72.9 Å². The van der Waals surface area contributed by atoms with Crippen molar-refractivity contribution in [3.05, 3.63) is 0 Å². The fourth-order valence-corrected chi connectivity index (χ4v) is 3.10. The fourth-order valence-electron chi connectivity index (χ4n) is 3.10. The predicted molar refractivity (Wildman–Crippen MR) is 75.9 cm³/mol. The van der Waals surface area contributed by atoms with Crippen molar-refractivity contribution in [3.8, 4) is 0 Å². The maximum absolute atomic E-state index is 9.40. The second-order valence-electron chi connectivity index (χ2n) is 7.80. The maximum atomic E-state index is 9.40. The summed E-state index contributed by atoms with van der Waals surface area (Å²) in [6.07, 6.45) is 3.60. The van der Waals surface area contributed by atoms with Crippen molar-refractivity contribution in [3.63, 3.8) is 0 Å². The molecule has 18 heavy (non-hydrogen) atoms. The maximum Gasteiger partial charge on any atom is 0.0863 e. The van der Waals surface area contributed by atoms with Gasteiger partial charge >= 0.3 is 0 Å². The first-order valence-corrected chi connectivity index (χ1v) is 6.95. The van der Waals surface area contributed by atoms with Crippen LogP contribution in [0.15, 0.2) is 5.16 Å². The summed E-state index contributed by atoms with van der Waals surface area (Å²) in [4.78, 5) is 0. The van der Waals surface area contributed by atoms with Crippen LogP contribution in [0, 0.1) is 11.8 Å². The Bertz CT molecular complexity index is 273. The molecule has 0 aromatic carbocycles. The number of hydrogen-bond donors (Lipinski definition) is 1. The Morgan fingerprint density at radius 3 is 1.61 bits per heavy atom. The topological polar surface area (TPSA) is 32.6 Å². The standard InChI is InChI=1S/C14H30N3O/c1-16(2,3)10-12-8-7-9-13(14(12)15-18)11-17(4,5)6/h12-13H,7-11H2,1-6H3/q+1/p+1/t12-,13-/m1/s1. The van der Waals surface area contributed by atoms with Crippen LogP contribution in [0.25, 0.3) is 0 Å². The highest BCUT2D eigenvalue weighted by Crippen LogP contribution is 2.29. The number of hydrogen-bond acceptors (Lipinski definition) is 2. The van der Waals surface area contributed by atoms with Crippen molar-refractivity contribution in [2.45, 2.75) is 19.3 Å². The molecule has 0 saturated heterocycles. The summed E-state index contributed by atoms with van der Waals surface area (Å²) < 4.78 is 1.86. The van der Waals surface area contributed by atoms with E-state index < -0.39 is 0 Å². The summed E-state index contributed by atoms with van der Waals surface area (Å²) in [5.74, 6) is 0.889. The van der Waals surface area contributed by atoms with Gasteiger partial charge in [-0.05, 0) is 12.8 Å². The Balaban J connectivity index is 2.77. The molecular formula is C14H31N3O+2. The van der Waals surface area contributed by atoms with Crippen LogP contribution < -0.4 is 0 Å². The smallest absolute Gasteiger partial charge is 0.0863 e. The van der Waals surface area contributed by atoms with Crippen LogP contribution in [0.2, 0.25) is 0 Å². The van der Waals surface area contributed by atoms with Gasteiger partial charge in [-0.3, -0.25) is 0 Å². The van der Waals surface area contributed by atoms with E-state index >= 15 is 0 Å². The molecular weight excluding hydrogens is 226 g/mol. The van der Waals surface area contributed by atoms with Crippen LogP contribution in [-0.2, 0) is 0 Å². The Hall–Kier alpha value is -0.610.